The zero-order valence-electron chi connectivity index (χ0n) is 11.5. The molecule has 1 N–H and O–H groups in total. The van der Waals surface area contributed by atoms with E-state index in [2.05, 4.69) is 21.2 Å². The Morgan fingerprint density at radius 1 is 1.32 bits per heavy atom. The van der Waals surface area contributed by atoms with Crippen molar-refractivity contribution in [2.75, 3.05) is 19.8 Å². The summed E-state index contributed by atoms with van der Waals surface area (Å²) in [7, 11) is 0. The van der Waals surface area contributed by atoms with Crippen LogP contribution >= 0.6 is 15.9 Å². The standard InChI is InChI=1S/C14H20BrNO3/c1-4-18-13(19-5-2)9-16-14(17)11-7-6-10(3)12(15)8-11/h6-8,13H,4-5,9H2,1-3H3,(H,16,17). The quantitative estimate of drug-likeness (QED) is 0.782. The first-order valence-electron chi connectivity index (χ1n) is 6.36. The molecule has 0 spiro atoms. The van der Waals surface area contributed by atoms with E-state index in [0.29, 0.717) is 25.3 Å². The Morgan fingerprint density at radius 2 is 1.95 bits per heavy atom. The monoisotopic (exact) mass is 329 g/mol. The number of hydrogen-bond donors (Lipinski definition) is 1. The van der Waals surface area contributed by atoms with Gasteiger partial charge in [0.15, 0.2) is 6.29 Å². The molecule has 0 unspecified atom stereocenters. The van der Waals surface area contributed by atoms with Crippen LogP contribution in [0.3, 0.4) is 0 Å². The smallest absolute Gasteiger partial charge is 0.251 e. The fourth-order valence-corrected chi connectivity index (χ4v) is 1.93. The van der Waals surface area contributed by atoms with Crippen LogP contribution in [0.4, 0.5) is 0 Å². The molecule has 0 aliphatic carbocycles. The molecule has 0 aromatic heterocycles. The van der Waals surface area contributed by atoms with Crippen molar-refractivity contribution in [3.05, 3.63) is 33.8 Å². The third-order valence-corrected chi connectivity index (χ3v) is 3.42. The van der Waals surface area contributed by atoms with E-state index in [4.69, 9.17) is 9.47 Å². The lowest BCUT2D eigenvalue weighted by atomic mass is 10.1. The van der Waals surface area contributed by atoms with Crippen molar-refractivity contribution in [2.45, 2.75) is 27.1 Å². The molecule has 19 heavy (non-hydrogen) atoms. The van der Waals surface area contributed by atoms with Gasteiger partial charge in [-0.05, 0) is 38.5 Å². The molecule has 4 nitrogen and oxygen atoms in total. The molecular weight excluding hydrogens is 310 g/mol. The largest absolute Gasteiger partial charge is 0.351 e. The van der Waals surface area contributed by atoms with E-state index in [9.17, 15) is 4.79 Å². The minimum Gasteiger partial charge on any atom is -0.351 e. The Bertz CT molecular complexity index is 417. The number of benzene rings is 1. The van der Waals surface area contributed by atoms with Gasteiger partial charge in [0.25, 0.3) is 5.91 Å². The third kappa shape index (κ3) is 5.30. The first-order valence-corrected chi connectivity index (χ1v) is 7.15. The highest BCUT2D eigenvalue weighted by Gasteiger charge is 2.12. The minimum absolute atomic E-state index is 0.134. The van der Waals surface area contributed by atoms with Gasteiger partial charge in [-0.2, -0.15) is 0 Å². The lowest BCUT2D eigenvalue weighted by Gasteiger charge is -2.17. The number of nitrogens with one attached hydrogen (secondary N) is 1. The van der Waals surface area contributed by atoms with Gasteiger partial charge in [-0.1, -0.05) is 22.0 Å². The minimum atomic E-state index is -0.396. The van der Waals surface area contributed by atoms with Gasteiger partial charge >= 0.3 is 0 Å². The molecule has 0 bridgehead atoms. The summed E-state index contributed by atoms with van der Waals surface area (Å²) in [6, 6.07) is 5.51. The van der Waals surface area contributed by atoms with Crippen molar-refractivity contribution in [2.24, 2.45) is 0 Å². The van der Waals surface area contributed by atoms with Gasteiger partial charge < -0.3 is 14.8 Å². The van der Waals surface area contributed by atoms with Crippen LogP contribution in [0.5, 0.6) is 0 Å². The summed E-state index contributed by atoms with van der Waals surface area (Å²) in [5.41, 5.74) is 1.71. The first-order chi connectivity index (χ1) is 9.08. The zero-order chi connectivity index (χ0) is 14.3. The maximum Gasteiger partial charge on any atom is 0.251 e. The van der Waals surface area contributed by atoms with E-state index in [1.54, 1.807) is 12.1 Å². The average molecular weight is 330 g/mol. The maximum atomic E-state index is 12.0. The second-order valence-electron chi connectivity index (χ2n) is 4.01. The molecule has 0 saturated carbocycles. The van der Waals surface area contributed by atoms with Crippen molar-refractivity contribution in [3.8, 4) is 0 Å². The van der Waals surface area contributed by atoms with E-state index in [1.807, 2.05) is 26.8 Å². The van der Waals surface area contributed by atoms with Crippen LogP contribution in [-0.2, 0) is 9.47 Å². The predicted octanol–water partition coefficient (Wildman–Crippen LogP) is 2.89. The van der Waals surface area contributed by atoms with Crippen LogP contribution in [0.2, 0.25) is 0 Å². The SMILES string of the molecule is CCOC(CNC(=O)c1ccc(C)c(Br)c1)OCC. The van der Waals surface area contributed by atoms with Gasteiger partial charge in [-0.15, -0.1) is 0 Å². The van der Waals surface area contributed by atoms with Crippen LogP contribution in [0.15, 0.2) is 22.7 Å². The highest BCUT2D eigenvalue weighted by Crippen LogP contribution is 2.17. The summed E-state index contributed by atoms with van der Waals surface area (Å²) in [6.07, 6.45) is -0.396. The van der Waals surface area contributed by atoms with Crippen molar-refractivity contribution < 1.29 is 14.3 Å². The summed E-state index contributed by atoms with van der Waals surface area (Å²) >= 11 is 3.41. The lowest BCUT2D eigenvalue weighted by Crippen LogP contribution is -2.35. The first kappa shape index (κ1) is 16.1. The van der Waals surface area contributed by atoms with Crippen LogP contribution in [-0.4, -0.2) is 32.0 Å². The van der Waals surface area contributed by atoms with E-state index in [-0.39, 0.29) is 5.91 Å². The molecule has 1 aromatic rings. The molecule has 0 heterocycles. The number of ether oxygens (including phenoxy) is 2. The van der Waals surface area contributed by atoms with Crippen LogP contribution in [0.25, 0.3) is 0 Å². The molecule has 0 radical (unpaired) electrons. The molecule has 0 fully saturated rings. The second-order valence-corrected chi connectivity index (χ2v) is 4.87. The average Bonchev–Trinajstić information content (AvgIpc) is 2.39. The maximum absolute atomic E-state index is 12.0. The molecule has 0 atom stereocenters. The Labute approximate surface area is 122 Å². The number of halogens is 1. The fraction of sp³-hybridized carbons (Fsp3) is 0.500. The number of aryl methyl sites for hydroxylation is 1. The number of amides is 1. The lowest BCUT2D eigenvalue weighted by molar-refractivity contribution is -0.131. The molecule has 1 rings (SSSR count). The number of rotatable bonds is 7. The van der Waals surface area contributed by atoms with E-state index in [1.165, 1.54) is 0 Å². The summed E-state index contributed by atoms with van der Waals surface area (Å²) in [5.74, 6) is -0.134. The second kappa shape index (κ2) is 8.30. The van der Waals surface area contributed by atoms with Crippen molar-refractivity contribution in [1.82, 2.24) is 5.32 Å². The molecule has 0 aliphatic heterocycles. The van der Waals surface area contributed by atoms with Crippen molar-refractivity contribution in [3.63, 3.8) is 0 Å². The molecule has 1 amide bonds. The highest BCUT2D eigenvalue weighted by molar-refractivity contribution is 9.10. The Balaban J connectivity index is 2.56. The number of hydrogen-bond acceptors (Lipinski definition) is 3. The van der Waals surface area contributed by atoms with Gasteiger partial charge in [0.1, 0.15) is 0 Å². The zero-order valence-corrected chi connectivity index (χ0v) is 13.1. The van der Waals surface area contributed by atoms with Crippen molar-refractivity contribution in [1.29, 1.82) is 0 Å². The van der Waals surface area contributed by atoms with Gasteiger partial charge in [-0.25, -0.2) is 0 Å². The summed E-state index contributed by atoms with van der Waals surface area (Å²) in [4.78, 5) is 12.0. The van der Waals surface area contributed by atoms with Crippen LogP contribution < -0.4 is 5.32 Å². The molecule has 1 aromatic carbocycles. The number of carbonyl (C=O) groups excluding carboxylic acids is 1. The van der Waals surface area contributed by atoms with E-state index < -0.39 is 6.29 Å². The fourth-order valence-electron chi connectivity index (χ4n) is 1.55. The van der Waals surface area contributed by atoms with E-state index >= 15 is 0 Å². The van der Waals surface area contributed by atoms with E-state index in [0.717, 1.165) is 10.0 Å². The Hall–Kier alpha value is -0.910. The molecule has 5 heteroatoms. The van der Waals surface area contributed by atoms with Crippen LogP contribution in [0.1, 0.15) is 29.8 Å². The van der Waals surface area contributed by atoms with Crippen molar-refractivity contribution >= 4 is 21.8 Å². The normalized spacial score (nSPS) is 10.8. The third-order valence-electron chi connectivity index (χ3n) is 2.57. The highest BCUT2D eigenvalue weighted by atomic mass is 79.9. The molecular formula is C14H20BrNO3. The summed E-state index contributed by atoms with van der Waals surface area (Å²) in [6.45, 7) is 7.21. The van der Waals surface area contributed by atoms with Gasteiger partial charge in [0, 0.05) is 23.2 Å². The molecule has 0 aliphatic rings. The predicted molar refractivity (Wildman–Crippen MR) is 78.3 cm³/mol. The topological polar surface area (TPSA) is 47.6 Å². The number of carbonyl (C=O) groups is 1. The molecule has 0 saturated heterocycles. The van der Waals surface area contributed by atoms with Gasteiger partial charge in [-0.3, -0.25) is 4.79 Å². The van der Waals surface area contributed by atoms with Gasteiger partial charge in [0.05, 0.1) is 6.54 Å². The Morgan fingerprint density at radius 3 is 2.47 bits per heavy atom. The van der Waals surface area contributed by atoms with Crippen LogP contribution in [0, 0.1) is 6.92 Å². The van der Waals surface area contributed by atoms with Gasteiger partial charge in [0.2, 0.25) is 0 Å². The molecule has 106 valence electrons. The summed E-state index contributed by atoms with van der Waals surface area (Å²) < 4.78 is 11.7. The Kier molecular flexibility index (Phi) is 7.05. The summed E-state index contributed by atoms with van der Waals surface area (Å²) in [5, 5.41) is 2.81.